The number of nitrogens with zero attached hydrogens (tertiary/aromatic N) is 1. The number of aromatic nitrogens is 2. The molecule has 3 aromatic carbocycles. The predicted octanol–water partition coefficient (Wildman–Crippen LogP) is 5.63. The van der Waals surface area contributed by atoms with E-state index in [1.165, 1.54) is 16.8 Å². The molecule has 0 spiro atoms. The number of methoxy groups -OCH3 is 2. The number of rotatable bonds is 10. The van der Waals surface area contributed by atoms with Crippen molar-refractivity contribution in [1.29, 1.82) is 0 Å². The molecule has 244 valence electrons. The van der Waals surface area contributed by atoms with E-state index in [9.17, 15) is 14.7 Å². The largest absolute Gasteiger partial charge is 0.497 e. The van der Waals surface area contributed by atoms with Crippen molar-refractivity contribution in [2.24, 2.45) is 0 Å². The second-order valence-corrected chi connectivity index (χ2v) is 19.0. The number of H-pyrrole nitrogens is 1. The summed E-state index contributed by atoms with van der Waals surface area (Å²) >= 11 is 0. The molecule has 2 heterocycles. The van der Waals surface area contributed by atoms with Crippen LogP contribution >= 0.6 is 0 Å². The first-order valence-corrected chi connectivity index (χ1v) is 18.4. The van der Waals surface area contributed by atoms with Gasteiger partial charge in [-0.1, -0.05) is 88.5 Å². The minimum absolute atomic E-state index is 0.00453. The zero-order valence-electron chi connectivity index (χ0n) is 27.6. The smallest absolute Gasteiger partial charge is 0.330 e. The van der Waals surface area contributed by atoms with E-state index in [0.717, 1.165) is 16.7 Å². The summed E-state index contributed by atoms with van der Waals surface area (Å²) in [7, 11) is 0.664. The standard InChI is InChI=1S/C36H44N2O7Si/c1-34(2,3)46(6,7)35(41)23-32(38-22-21-31(39)37-33(38)40)45-30(35)24-44-36(25-11-9-8-10-12-25,26-13-17-28(42-4)18-14-26)27-15-19-29(43-5)20-16-27/h8-22,30,32,41H,23-24H2,1-7H3,(H,37,39,40)/t30-,32-,35-/m1/s1. The van der Waals surface area contributed by atoms with Gasteiger partial charge in [-0.25, -0.2) is 4.79 Å². The fourth-order valence-corrected chi connectivity index (χ4v) is 9.27. The van der Waals surface area contributed by atoms with Crippen LogP contribution in [0.1, 0.15) is 50.1 Å². The van der Waals surface area contributed by atoms with Crippen LogP contribution in [0.3, 0.4) is 0 Å². The monoisotopic (exact) mass is 644 g/mol. The molecule has 46 heavy (non-hydrogen) atoms. The minimum Gasteiger partial charge on any atom is -0.497 e. The third-order valence-corrected chi connectivity index (χ3v) is 16.5. The maximum Gasteiger partial charge on any atom is 0.330 e. The molecule has 0 bridgehead atoms. The van der Waals surface area contributed by atoms with Crippen LogP contribution < -0.4 is 20.7 Å². The maximum atomic E-state index is 12.9. The van der Waals surface area contributed by atoms with Crippen LogP contribution in [0.2, 0.25) is 18.1 Å². The second-order valence-electron chi connectivity index (χ2n) is 13.4. The van der Waals surface area contributed by atoms with E-state index >= 15 is 0 Å². The van der Waals surface area contributed by atoms with Gasteiger partial charge in [0.1, 0.15) is 29.4 Å². The zero-order valence-corrected chi connectivity index (χ0v) is 28.6. The van der Waals surface area contributed by atoms with Crippen LogP contribution in [0.15, 0.2) is 101 Å². The molecule has 0 saturated carbocycles. The van der Waals surface area contributed by atoms with Crippen LogP contribution in [-0.2, 0) is 15.1 Å². The summed E-state index contributed by atoms with van der Waals surface area (Å²) in [5.41, 5.74) is 0.383. The van der Waals surface area contributed by atoms with Crippen molar-refractivity contribution in [1.82, 2.24) is 9.55 Å². The van der Waals surface area contributed by atoms with Gasteiger partial charge in [-0.15, -0.1) is 0 Å². The molecule has 10 heteroatoms. The van der Waals surface area contributed by atoms with Crippen molar-refractivity contribution in [3.05, 3.63) is 129 Å². The average molecular weight is 645 g/mol. The van der Waals surface area contributed by atoms with Gasteiger partial charge in [0, 0.05) is 18.7 Å². The van der Waals surface area contributed by atoms with Gasteiger partial charge in [-0.3, -0.25) is 14.3 Å². The summed E-state index contributed by atoms with van der Waals surface area (Å²) in [5, 5.41) is 11.2. The predicted molar refractivity (Wildman–Crippen MR) is 180 cm³/mol. The lowest BCUT2D eigenvalue weighted by Gasteiger charge is -2.49. The Kier molecular flexibility index (Phi) is 9.20. The number of benzene rings is 3. The molecule has 1 aliphatic heterocycles. The van der Waals surface area contributed by atoms with Crippen LogP contribution in [-0.4, -0.2) is 54.9 Å². The Balaban J connectivity index is 1.66. The second kappa shape index (κ2) is 12.7. The fourth-order valence-electron chi connectivity index (χ4n) is 6.33. The SMILES string of the molecule is COc1ccc(C(OC[C@H]2O[C@@H](n3ccc(=O)[nH]c3=O)C[C@@]2(O)[Si](C)(C)C(C)(C)C)(c2ccccc2)c2ccc(OC)cc2)cc1. The molecule has 9 nitrogen and oxygen atoms in total. The quantitative estimate of drug-likeness (QED) is 0.170. The van der Waals surface area contributed by atoms with Gasteiger partial charge < -0.3 is 24.1 Å². The highest BCUT2D eigenvalue weighted by Crippen LogP contribution is 2.52. The molecule has 0 aliphatic carbocycles. The minimum atomic E-state index is -2.59. The lowest BCUT2D eigenvalue weighted by molar-refractivity contribution is -0.104. The van der Waals surface area contributed by atoms with E-state index in [2.05, 4.69) is 38.8 Å². The molecule has 4 aromatic rings. The average Bonchev–Trinajstić information content (AvgIpc) is 3.39. The van der Waals surface area contributed by atoms with Crippen molar-refractivity contribution < 1.29 is 24.1 Å². The molecule has 1 aliphatic rings. The van der Waals surface area contributed by atoms with Crippen molar-refractivity contribution >= 4 is 8.07 Å². The number of hydrogen-bond acceptors (Lipinski definition) is 7. The van der Waals surface area contributed by atoms with Crippen molar-refractivity contribution in [3.63, 3.8) is 0 Å². The number of hydrogen-bond donors (Lipinski definition) is 2. The molecular formula is C36H44N2O7Si. The fraction of sp³-hybridized carbons (Fsp3) is 0.389. The molecule has 2 N–H and O–H groups in total. The van der Waals surface area contributed by atoms with Crippen molar-refractivity contribution in [2.75, 3.05) is 20.8 Å². The number of aromatic amines is 1. The third kappa shape index (κ3) is 5.86. The van der Waals surface area contributed by atoms with E-state index in [1.54, 1.807) is 14.2 Å². The van der Waals surface area contributed by atoms with Gasteiger partial charge in [0.25, 0.3) is 5.56 Å². The third-order valence-electron chi connectivity index (χ3n) is 10.1. The van der Waals surface area contributed by atoms with Gasteiger partial charge in [0.05, 0.1) is 34.1 Å². The summed E-state index contributed by atoms with van der Waals surface area (Å²) in [6, 6.07) is 26.7. The lowest BCUT2D eigenvalue weighted by atomic mass is 9.80. The number of nitrogens with one attached hydrogen (secondary N) is 1. The lowest BCUT2D eigenvalue weighted by Crippen LogP contribution is -2.65. The number of aliphatic hydroxyl groups is 1. The molecule has 5 rings (SSSR count). The Labute approximate surface area is 270 Å². The first-order valence-electron chi connectivity index (χ1n) is 15.4. The molecule has 1 aromatic heterocycles. The van der Waals surface area contributed by atoms with Gasteiger partial charge in [-0.05, 0) is 46.0 Å². The Bertz CT molecular complexity index is 1700. The van der Waals surface area contributed by atoms with Gasteiger partial charge in [0.15, 0.2) is 0 Å². The Morgan fingerprint density at radius 2 is 1.39 bits per heavy atom. The Morgan fingerprint density at radius 3 is 1.87 bits per heavy atom. The molecule has 3 atom stereocenters. The summed E-state index contributed by atoms with van der Waals surface area (Å²) < 4.78 is 26.1. The van der Waals surface area contributed by atoms with Crippen LogP contribution in [0, 0.1) is 0 Å². The molecular weight excluding hydrogens is 600 g/mol. The van der Waals surface area contributed by atoms with Gasteiger partial charge >= 0.3 is 5.69 Å². The molecule has 0 amide bonds. The van der Waals surface area contributed by atoms with E-state index in [4.69, 9.17) is 18.9 Å². The van der Waals surface area contributed by atoms with E-state index in [1.807, 2.05) is 78.9 Å². The normalized spacial score (nSPS) is 20.4. The van der Waals surface area contributed by atoms with E-state index in [0.29, 0.717) is 11.5 Å². The van der Waals surface area contributed by atoms with Crippen molar-refractivity contribution in [2.45, 2.75) is 68.5 Å². The Morgan fingerprint density at radius 1 is 0.870 bits per heavy atom. The zero-order chi connectivity index (χ0) is 33.3. The first-order chi connectivity index (χ1) is 21.8. The van der Waals surface area contributed by atoms with Crippen LogP contribution in [0.5, 0.6) is 11.5 Å². The first kappa shape index (κ1) is 33.4. The maximum absolute atomic E-state index is 12.9. The highest BCUT2D eigenvalue weighted by atomic mass is 28.3. The van der Waals surface area contributed by atoms with Gasteiger partial charge in [0.2, 0.25) is 0 Å². The van der Waals surface area contributed by atoms with Gasteiger partial charge in [-0.2, -0.15) is 0 Å². The van der Waals surface area contributed by atoms with E-state index < -0.39 is 42.5 Å². The molecule has 0 radical (unpaired) electrons. The summed E-state index contributed by atoms with van der Waals surface area (Å²) in [6.07, 6.45) is -0.00116. The van der Waals surface area contributed by atoms with Crippen LogP contribution in [0.25, 0.3) is 0 Å². The topological polar surface area (TPSA) is 112 Å². The summed E-state index contributed by atoms with van der Waals surface area (Å²) in [5.74, 6) is 1.42. The van der Waals surface area contributed by atoms with Crippen LogP contribution in [0.4, 0.5) is 0 Å². The molecule has 1 fully saturated rings. The molecule has 1 saturated heterocycles. The van der Waals surface area contributed by atoms with E-state index in [-0.39, 0.29) is 18.1 Å². The highest BCUT2D eigenvalue weighted by molar-refractivity contribution is 6.83. The highest BCUT2D eigenvalue weighted by Gasteiger charge is 2.62. The van der Waals surface area contributed by atoms with Crippen molar-refractivity contribution in [3.8, 4) is 11.5 Å². The molecule has 0 unspecified atom stereocenters. The number of ether oxygens (including phenoxy) is 4. The summed E-state index contributed by atoms with van der Waals surface area (Å²) in [6.45, 7) is 10.7. The summed E-state index contributed by atoms with van der Waals surface area (Å²) in [4.78, 5) is 27.0. The Hall–Kier alpha value is -3.96.